The molecule has 0 saturated heterocycles. The van der Waals surface area contributed by atoms with Crippen LogP contribution in [0, 0.1) is 0 Å². The maximum atomic E-state index is 12.6. The van der Waals surface area contributed by atoms with E-state index in [1.54, 1.807) is 6.07 Å². The summed E-state index contributed by atoms with van der Waals surface area (Å²) >= 11 is 0. The van der Waals surface area contributed by atoms with Crippen LogP contribution in [-0.4, -0.2) is 32.3 Å². The highest BCUT2D eigenvalue weighted by molar-refractivity contribution is 5.99. The molecule has 4 rings (SSSR count). The van der Waals surface area contributed by atoms with Gasteiger partial charge in [-0.2, -0.15) is 0 Å². The molecule has 2 heterocycles. The molecule has 7 heteroatoms. The van der Waals surface area contributed by atoms with Crippen LogP contribution in [0.15, 0.2) is 59.4 Å². The van der Waals surface area contributed by atoms with Crippen LogP contribution in [0.2, 0.25) is 0 Å². The second-order valence-electron chi connectivity index (χ2n) is 6.19. The topological polar surface area (TPSA) is 92.2 Å². The number of H-pyrrole nitrogens is 1. The van der Waals surface area contributed by atoms with Crippen molar-refractivity contribution in [2.75, 3.05) is 6.54 Å². The average molecular weight is 347 g/mol. The van der Waals surface area contributed by atoms with E-state index in [9.17, 15) is 9.59 Å². The van der Waals surface area contributed by atoms with Crippen LogP contribution in [0.3, 0.4) is 0 Å². The van der Waals surface area contributed by atoms with Gasteiger partial charge in [0.25, 0.3) is 11.5 Å². The summed E-state index contributed by atoms with van der Waals surface area (Å²) in [5, 5.41) is 10.8. The molecule has 2 aromatic heterocycles. The van der Waals surface area contributed by atoms with Gasteiger partial charge in [0.05, 0.1) is 11.0 Å². The second kappa shape index (κ2) is 6.44. The van der Waals surface area contributed by atoms with E-state index >= 15 is 0 Å². The molecular weight excluding hydrogens is 330 g/mol. The molecule has 0 fully saturated rings. The predicted octanol–water partition coefficient (Wildman–Crippen LogP) is 2.10. The normalized spacial score (nSPS) is 12.3. The highest BCUT2D eigenvalue weighted by Crippen LogP contribution is 2.15. The minimum absolute atomic E-state index is 0.0252. The number of hydrogen-bond acceptors (Lipinski definition) is 4. The Kier molecular flexibility index (Phi) is 3.96. The van der Waals surface area contributed by atoms with Gasteiger partial charge in [-0.05, 0) is 23.6 Å². The quantitative estimate of drug-likeness (QED) is 0.591. The largest absolute Gasteiger partial charge is 0.350 e. The van der Waals surface area contributed by atoms with E-state index in [-0.39, 0.29) is 17.1 Å². The van der Waals surface area contributed by atoms with Crippen molar-refractivity contribution in [3.63, 3.8) is 0 Å². The fourth-order valence-electron chi connectivity index (χ4n) is 2.98. The van der Waals surface area contributed by atoms with Crippen molar-refractivity contribution in [2.45, 2.75) is 12.8 Å². The molecule has 0 saturated carbocycles. The summed E-state index contributed by atoms with van der Waals surface area (Å²) in [6, 6.07) is 17.2. The predicted molar refractivity (Wildman–Crippen MR) is 98.3 cm³/mol. The van der Waals surface area contributed by atoms with Crippen molar-refractivity contribution >= 4 is 22.5 Å². The summed E-state index contributed by atoms with van der Waals surface area (Å²) in [5.41, 5.74) is 2.23. The Morgan fingerprint density at radius 3 is 2.69 bits per heavy atom. The van der Waals surface area contributed by atoms with E-state index in [0.717, 1.165) is 5.56 Å². The monoisotopic (exact) mass is 347 g/mol. The standard InChI is InChI=1S/C19H17N5O2/c1-12(13-7-3-2-4-8-13)11-20-18(25)16-17-19(26)21-14-9-5-6-10-15(14)24(17)23-22-16/h2-10,12H,11H2,1H3,(H,20,25)(H,21,26). The van der Waals surface area contributed by atoms with Gasteiger partial charge >= 0.3 is 0 Å². The van der Waals surface area contributed by atoms with E-state index in [1.165, 1.54) is 4.52 Å². The van der Waals surface area contributed by atoms with Gasteiger partial charge in [-0.15, -0.1) is 5.10 Å². The van der Waals surface area contributed by atoms with E-state index < -0.39 is 11.5 Å². The van der Waals surface area contributed by atoms with Gasteiger partial charge in [0.2, 0.25) is 0 Å². The average Bonchev–Trinajstić information content (AvgIpc) is 3.13. The first-order valence-electron chi connectivity index (χ1n) is 8.34. The molecule has 2 aromatic carbocycles. The number of carbonyl (C=O) groups is 1. The summed E-state index contributed by atoms with van der Waals surface area (Å²) in [4.78, 5) is 27.7. The zero-order valence-corrected chi connectivity index (χ0v) is 14.1. The fourth-order valence-corrected chi connectivity index (χ4v) is 2.98. The third-order valence-corrected chi connectivity index (χ3v) is 4.42. The van der Waals surface area contributed by atoms with E-state index in [1.807, 2.05) is 55.5 Å². The summed E-state index contributed by atoms with van der Waals surface area (Å²) < 4.78 is 1.41. The summed E-state index contributed by atoms with van der Waals surface area (Å²) in [6.45, 7) is 2.47. The molecule has 0 radical (unpaired) electrons. The fraction of sp³-hybridized carbons (Fsp3) is 0.158. The van der Waals surface area contributed by atoms with E-state index in [0.29, 0.717) is 17.6 Å². The van der Waals surface area contributed by atoms with Gasteiger partial charge in [0.1, 0.15) is 0 Å². The number of benzene rings is 2. The van der Waals surface area contributed by atoms with Crippen molar-refractivity contribution in [1.82, 2.24) is 25.1 Å². The van der Waals surface area contributed by atoms with Crippen molar-refractivity contribution in [3.05, 3.63) is 76.2 Å². The third kappa shape index (κ3) is 2.73. The zero-order valence-electron chi connectivity index (χ0n) is 14.1. The van der Waals surface area contributed by atoms with Gasteiger partial charge in [-0.25, -0.2) is 4.52 Å². The van der Waals surface area contributed by atoms with Crippen LogP contribution >= 0.6 is 0 Å². The number of amides is 1. The molecule has 1 amide bonds. The molecule has 0 aliphatic rings. The lowest BCUT2D eigenvalue weighted by atomic mass is 10.0. The number of nitrogens with zero attached hydrogens (tertiary/aromatic N) is 3. The first-order valence-corrected chi connectivity index (χ1v) is 8.34. The van der Waals surface area contributed by atoms with Crippen LogP contribution in [0.4, 0.5) is 0 Å². The number of aromatic nitrogens is 4. The lowest BCUT2D eigenvalue weighted by molar-refractivity contribution is 0.0948. The van der Waals surface area contributed by atoms with Crippen molar-refractivity contribution in [3.8, 4) is 0 Å². The lowest BCUT2D eigenvalue weighted by Crippen LogP contribution is -2.29. The van der Waals surface area contributed by atoms with Crippen LogP contribution in [0.5, 0.6) is 0 Å². The molecule has 1 atom stereocenters. The van der Waals surface area contributed by atoms with E-state index in [2.05, 4.69) is 20.6 Å². The number of aromatic amines is 1. The first kappa shape index (κ1) is 16.0. The first-order chi connectivity index (χ1) is 12.6. The van der Waals surface area contributed by atoms with E-state index in [4.69, 9.17) is 0 Å². The third-order valence-electron chi connectivity index (χ3n) is 4.42. The molecule has 1 unspecified atom stereocenters. The molecular formula is C19H17N5O2. The van der Waals surface area contributed by atoms with Gasteiger partial charge in [0.15, 0.2) is 11.2 Å². The number of rotatable bonds is 4. The Hall–Kier alpha value is -3.48. The van der Waals surface area contributed by atoms with Gasteiger partial charge in [0, 0.05) is 6.54 Å². The molecule has 0 aliphatic heterocycles. The summed E-state index contributed by atoms with van der Waals surface area (Å²) in [6.07, 6.45) is 0. The zero-order chi connectivity index (χ0) is 18.1. The molecule has 0 spiro atoms. The van der Waals surface area contributed by atoms with Crippen molar-refractivity contribution in [2.24, 2.45) is 0 Å². The Balaban J connectivity index is 1.63. The van der Waals surface area contributed by atoms with Crippen LogP contribution in [0.25, 0.3) is 16.6 Å². The van der Waals surface area contributed by atoms with Gasteiger partial charge < -0.3 is 10.3 Å². The second-order valence-corrected chi connectivity index (χ2v) is 6.19. The molecule has 0 bridgehead atoms. The molecule has 26 heavy (non-hydrogen) atoms. The summed E-state index contributed by atoms with van der Waals surface area (Å²) in [5.74, 6) is -0.273. The number of fused-ring (bicyclic) bond motifs is 3. The van der Waals surface area contributed by atoms with Crippen LogP contribution in [-0.2, 0) is 0 Å². The van der Waals surface area contributed by atoms with Crippen molar-refractivity contribution in [1.29, 1.82) is 0 Å². The Morgan fingerprint density at radius 1 is 1.15 bits per heavy atom. The number of para-hydroxylation sites is 2. The minimum Gasteiger partial charge on any atom is -0.350 e. The molecule has 130 valence electrons. The van der Waals surface area contributed by atoms with Crippen LogP contribution < -0.4 is 10.9 Å². The highest BCUT2D eigenvalue weighted by atomic mass is 16.2. The number of hydrogen-bond donors (Lipinski definition) is 2. The molecule has 7 nitrogen and oxygen atoms in total. The number of carbonyl (C=O) groups excluding carboxylic acids is 1. The van der Waals surface area contributed by atoms with Crippen molar-refractivity contribution < 1.29 is 4.79 Å². The van der Waals surface area contributed by atoms with Crippen LogP contribution in [0.1, 0.15) is 28.9 Å². The SMILES string of the molecule is CC(CNC(=O)c1nnn2c1c(=O)[nH]c1ccccc12)c1ccccc1. The maximum Gasteiger partial charge on any atom is 0.277 e. The molecule has 2 N–H and O–H groups in total. The highest BCUT2D eigenvalue weighted by Gasteiger charge is 2.20. The smallest absolute Gasteiger partial charge is 0.277 e. The Labute approximate surface area is 148 Å². The minimum atomic E-state index is -0.413. The van der Waals surface area contributed by atoms with Gasteiger partial charge in [-0.1, -0.05) is 54.6 Å². The molecule has 4 aromatic rings. The number of nitrogens with one attached hydrogen (secondary N) is 2. The molecule has 0 aliphatic carbocycles. The lowest BCUT2D eigenvalue weighted by Gasteiger charge is -2.12. The Bertz CT molecular complexity index is 1150. The maximum absolute atomic E-state index is 12.6. The Morgan fingerprint density at radius 2 is 1.88 bits per heavy atom. The summed E-state index contributed by atoms with van der Waals surface area (Å²) in [7, 11) is 0. The van der Waals surface area contributed by atoms with Gasteiger partial charge in [-0.3, -0.25) is 9.59 Å².